The van der Waals surface area contributed by atoms with E-state index in [2.05, 4.69) is 5.10 Å². The van der Waals surface area contributed by atoms with Crippen LogP contribution in [-0.2, 0) is 4.74 Å². The molecule has 0 N–H and O–H groups in total. The van der Waals surface area contributed by atoms with Crippen molar-refractivity contribution in [3.63, 3.8) is 0 Å². The van der Waals surface area contributed by atoms with Gasteiger partial charge in [-0.25, -0.2) is 9.07 Å². The summed E-state index contributed by atoms with van der Waals surface area (Å²) in [5.41, 5.74) is -0.0721. The molecule has 2 rings (SSSR count). The van der Waals surface area contributed by atoms with Crippen molar-refractivity contribution in [1.82, 2.24) is 14.7 Å². The fourth-order valence-corrected chi connectivity index (χ4v) is 2.63. The average Bonchev–Trinajstić information content (AvgIpc) is 2.59. The van der Waals surface area contributed by atoms with Gasteiger partial charge in [0.15, 0.2) is 5.69 Å². The fraction of sp³-hybridized carbons (Fsp3) is 0.421. The zero-order valence-electron chi connectivity index (χ0n) is 15.5. The summed E-state index contributed by atoms with van der Waals surface area (Å²) in [6.45, 7) is 6.78. The van der Waals surface area contributed by atoms with E-state index in [1.54, 1.807) is 37.1 Å². The molecule has 6 nitrogen and oxygen atoms in total. The third-order valence-electron chi connectivity index (χ3n) is 3.83. The van der Waals surface area contributed by atoms with Gasteiger partial charge in [0.05, 0.1) is 6.61 Å². The second-order valence-electron chi connectivity index (χ2n) is 6.50. The third kappa shape index (κ3) is 4.54. The van der Waals surface area contributed by atoms with Gasteiger partial charge in [-0.15, -0.1) is 0 Å². The molecular formula is C19H24FN3O3. The molecule has 0 bridgehead atoms. The number of benzene rings is 1. The molecular weight excluding hydrogens is 337 g/mol. The van der Waals surface area contributed by atoms with Crippen LogP contribution in [0.4, 0.5) is 4.39 Å². The molecule has 0 radical (unpaired) electrons. The van der Waals surface area contributed by atoms with E-state index in [0.29, 0.717) is 25.4 Å². The SMILES string of the molecule is COCCN(CC(C)C)C(=O)c1nn(-c2ccccc2F)c(C)cc1=O. The number of halogens is 1. The highest BCUT2D eigenvalue weighted by Gasteiger charge is 2.22. The molecule has 0 fully saturated rings. The fourth-order valence-electron chi connectivity index (χ4n) is 2.63. The molecule has 1 aromatic heterocycles. The Labute approximate surface area is 152 Å². The Morgan fingerprint density at radius 1 is 1.35 bits per heavy atom. The van der Waals surface area contributed by atoms with E-state index < -0.39 is 17.2 Å². The van der Waals surface area contributed by atoms with Crippen LogP contribution in [0.25, 0.3) is 5.69 Å². The van der Waals surface area contributed by atoms with Gasteiger partial charge >= 0.3 is 0 Å². The van der Waals surface area contributed by atoms with Crippen LogP contribution >= 0.6 is 0 Å². The summed E-state index contributed by atoms with van der Waals surface area (Å²) in [4.78, 5) is 26.8. The number of hydrogen-bond acceptors (Lipinski definition) is 4. The molecule has 1 heterocycles. The van der Waals surface area contributed by atoms with Gasteiger partial charge in [0, 0.05) is 32.0 Å². The second kappa shape index (κ2) is 8.71. The molecule has 2 aromatic rings. The minimum atomic E-state index is -0.483. The van der Waals surface area contributed by atoms with Gasteiger partial charge < -0.3 is 9.64 Å². The summed E-state index contributed by atoms with van der Waals surface area (Å²) in [5, 5.41) is 4.17. The van der Waals surface area contributed by atoms with E-state index in [4.69, 9.17) is 4.74 Å². The lowest BCUT2D eigenvalue weighted by Gasteiger charge is -2.24. The van der Waals surface area contributed by atoms with Crippen LogP contribution in [0.1, 0.15) is 30.0 Å². The Morgan fingerprint density at radius 3 is 2.65 bits per heavy atom. The van der Waals surface area contributed by atoms with Crippen molar-refractivity contribution in [2.75, 3.05) is 26.8 Å². The number of rotatable bonds is 7. The van der Waals surface area contributed by atoms with Crippen LogP contribution in [0.5, 0.6) is 0 Å². The van der Waals surface area contributed by atoms with Crippen LogP contribution in [0, 0.1) is 18.7 Å². The zero-order valence-corrected chi connectivity index (χ0v) is 15.5. The lowest BCUT2D eigenvalue weighted by molar-refractivity contribution is 0.0663. The highest BCUT2D eigenvalue weighted by Crippen LogP contribution is 2.13. The topological polar surface area (TPSA) is 64.4 Å². The molecule has 0 aliphatic rings. The predicted molar refractivity (Wildman–Crippen MR) is 97.1 cm³/mol. The van der Waals surface area contributed by atoms with Gasteiger partial charge in [-0.2, -0.15) is 5.10 Å². The summed E-state index contributed by atoms with van der Waals surface area (Å²) in [6.07, 6.45) is 0. The van der Waals surface area contributed by atoms with Crippen molar-refractivity contribution in [3.05, 3.63) is 57.8 Å². The maximum atomic E-state index is 14.1. The Morgan fingerprint density at radius 2 is 2.04 bits per heavy atom. The highest BCUT2D eigenvalue weighted by atomic mass is 19.1. The summed E-state index contributed by atoms with van der Waals surface area (Å²) in [5.74, 6) is -0.746. The number of nitrogens with zero attached hydrogens (tertiary/aromatic N) is 3. The van der Waals surface area contributed by atoms with Gasteiger partial charge in [-0.1, -0.05) is 26.0 Å². The van der Waals surface area contributed by atoms with Crippen LogP contribution in [-0.4, -0.2) is 47.4 Å². The Bertz CT molecular complexity index is 833. The number of hydrogen-bond donors (Lipinski definition) is 0. The van der Waals surface area contributed by atoms with E-state index in [0.717, 1.165) is 0 Å². The van der Waals surface area contributed by atoms with E-state index in [-0.39, 0.29) is 17.3 Å². The van der Waals surface area contributed by atoms with E-state index in [9.17, 15) is 14.0 Å². The highest BCUT2D eigenvalue weighted by molar-refractivity contribution is 5.92. The van der Waals surface area contributed by atoms with Crippen LogP contribution in [0.15, 0.2) is 35.1 Å². The zero-order chi connectivity index (χ0) is 19.3. The molecule has 140 valence electrons. The molecule has 0 spiro atoms. The van der Waals surface area contributed by atoms with E-state index in [1.807, 2.05) is 13.8 Å². The number of carbonyl (C=O) groups is 1. The minimum absolute atomic E-state index is 0.186. The van der Waals surface area contributed by atoms with Crippen molar-refractivity contribution >= 4 is 5.91 Å². The summed E-state index contributed by atoms with van der Waals surface area (Å²) < 4.78 is 20.5. The van der Waals surface area contributed by atoms with Crippen molar-refractivity contribution < 1.29 is 13.9 Å². The quantitative estimate of drug-likeness (QED) is 0.760. The van der Waals surface area contributed by atoms with Crippen molar-refractivity contribution in [3.8, 4) is 5.69 Å². The summed E-state index contributed by atoms with van der Waals surface area (Å²) >= 11 is 0. The maximum Gasteiger partial charge on any atom is 0.278 e. The average molecular weight is 361 g/mol. The molecule has 0 atom stereocenters. The largest absolute Gasteiger partial charge is 0.383 e. The van der Waals surface area contributed by atoms with Gasteiger partial charge in [0.2, 0.25) is 5.43 Å². The molecule has 0 aliphatic heterocycles. The summed E-state index contributed by atoms with van der Waals surface area (Å²) in [6, 6.07) is 7.39. The summed E-state index contributed by atoms with van der Waals surface area (Å²) in [7, 11) is 1.55. The van der Waals surface area contributed by atoms with Crippen molar-refractivity contribution in [2.24, 2.45) is 5.92 Å². The first-order chi connectivity index (χ1) is 12.3. The first-order valence-corrected chi connectivity index (χ1v) is 8.49. The minimum Gasteiger partial charge on any atom is -0.383 e. The van der Waals surface area contributed by atoms with E-state index in [1.165, 1.54) is 16.8 Å². The Balaban J connectivity index is 2.48. The monoisotopic (exact) mass is 361 g/mol. The second-order valence-corrected chi connectivity index (χ2v) is 6.50. The van der Waals surface area contributed by atoms with Gasteiger partial charge in [0.1, 0.15) is 11.5 Å². The first-order valence-electron chi connectivity index (χ1n) is 8.49. The normalized spacial score (nSPS) is 11.0. The number of aromatic nitrogens is 2. The van der Waals surface area contributed by atoms with Gasteiger partial charge in [0.25, 0.3) is 5.91 Å². The van der Waals surface area contributed by atoms with Gasteiger partial charge in [-0.05, 0) is 25.0 Å². The Hall–Kier alpha value is -2.54. The molecule has 0 saturated heterocycles. The lowest BCUT2D eigenvalue weighted by Crippen LogP contribution is -2.40. The van der Waals surface area contributed by atoms with Crippen LogP contribution in [0.2, 0.25) is 0 Å². The lowest BCUT2D eigenvalue weighted by atomic mass is 10.2. The number of carbonyl (C=O) groups excluding carboxylic acids is 1. The number of aryl methyl sites for hydroxylation is 1. The number of amides is 1. The molecule has 1 aromatic carbocycles. The van der Waals surface area contributed by atoms with Gasteiger partial charge in [-0.3, -0.25) is 9.59 Å². The molecule has 0 aliphatic carbocycles. The van der Waals surface area contributed by atoms with Crippen molar-refractivity contribution in [2.45, 2.75) is 20.8 Å². The van der Waals surface area contributed by atoms with Crippen molar-refractivity contribution in [1.29, 1.82) is 0 Å². The third-order valence-corrected chi connectivity index (χ3v) is 3.83. The predicted octanol–water partition coefficient (Wildman–Crippen LogP) is 2.42. The molecule has 1 amide bonds. The molecule has 7 heteroatoms. The first kappa shape index (κ1) is 19.8. The maximum absolute atomic E-state index is 14.1. The van der Waals surface area contributed by atoms with Crippen LogP contribution in [0.3, 0.4) is 0 Å². The molecule has 0 saturated carbocycles. The Kier molecular flexibility index (Phi) is 6.63. The number of ether oxygens (including phenoxy) is 1. The standard InChI is InChI=1S/C19H24FN3O3/c1-13(2)12-22(9-10-26-4)19(25)18-17(24)11-14(3)23(21-18)16-8-6-5-7-15(16)20/h5-8,11,13H,9-10,12H2,1-4H3. The molecule has 0 unspecified atom stereocenters. The van der Waals surface area contributed by atoms with Crippen LogP contribution < -0.4 is 5.43 Å². The van der Waals surface area contributed by atoms with E-state index >= 15 is 0 Å². The smallest absolute Gasteiger partial charge is 0.278 e. The number of methoxy groups -OCH3 is 1. The number of para-hydroxylation sites is 1. The molecule has 26 heavy (non-hydrogen) atoms.